The Morgan fingerprint density at radius 2 is 2.05 bits per heavy atom. The Hall–Kier alpha value is -1.84. The van der Waals surface area contributed by atoms with E-state index in [4.69, 9.17) is 16.3 Å². The summed E-state index contributed by atoms with van der Waals surface area (Å²) in [5.74, 6) is 1.32. The van der Waals surface area contributed by atoms with Gasteiger partial charge in [-0.3, -0.25) is 0 Å². The van der Waals surface area contributed by atoms with Crippen LogP contribution in [-0.2, 0) is 6.54 Å². The summed E-state index contributed by atoms with van der Waals surface area (Å²) in [6, 6.07) is 11.4. The van der Waals surface area contributed by atoms with Crippen LogP contribution < -0.4 is 10.1 Å². The molecule has 0 atom stereocenters. The summed E-state index contributed by atoms with van der Waals surface area (Å²) in [6.45, 7) is 5.52. The molecule has 0 saturated heterocycles. The lowest BCUT2D eigenvalue weighted by Crippen LogP contribution is -2.13. The van der Waals surface area contributed by atoms with Crippen molar-refractivity contribution < 1.29 is 4.74 Å². The third kappa shape index (κ3) is 4.31. The standard InChI is InChI=1S/C17H19ClN2O/c1-3-7-13-8-5-6-9-16(13)21-17-11-10-14(18)15(20-17)12-19-4-2/h3,5-11,19H,4,12H2,1-2H3. The summed E-state index contributed by atoms with van der Waals surface area (Å²) < 4.78 is 5.89. The number of ether oxygens (including phenoxy) is 1. The number of allylic oxidation sites excluding steroid dienone is 1. The Bertz CT molecular complexity index is 626. The number of para-hydroxylation sites is 1. The van der Waals surface area contributed by atoms with Crippen molar-refractivity contribution in [3.8, 4) is 11.6 Å². The Labute approximate surface area is 130 Å². The largest absolute Gasteiger partial charge is 0.438 e. The minimum atomic E-state index is 0.546. The number of nitrogens with zero attached hydrogens (tertiary/aromatic N) is 1. The number of hydrogen-bond acceptors (Lipinski definition) is 3. The van der Waals surface area contributed by atoms with Crippen molar-refractivity contribution in [3.63, 3.8) is 0 Å². The van der Waals surface area contributed by atoms with E-state index < -0.39 is 0 Å². The van der Waals surface area contributed by atoms with E-state index in [1.165, 1.54) is 0 Å². The molecule has 4 heteroatoms. The highest BCUT2D eigenvalue weighted by atomic mass is 35.5. The van der Waals surface area contributed by atoms with Gasteiger partial charge in [0.2, 0.25) is 5.88 Å². The number of nitrogens with one attached hydrogen (secondary N) is 1. The molecular weight excluding hydrogens is 284 g/mol. The number of benzene rings is 1. The SMILES string of the molecule is CC=Cc1ccccc1Oc1ccc(Cl)c(CNCC)n1. The van der Waals surface area contributed by atoms with Crippen LogP contribution in [0.25, 0.3) is 6.08 Å². The predicted octanol–water partition coefficient (Wildman–Crippen LogP) is 4.67. The summed E-state index contributed by atoms with van der Waals surface area (Å²) in [7, 11) is 0. The van der Waals surface area contributed by atoms with Crippen molar-refractivity contribution in [2.45, 2.75) is 20.4 Å². The maximum Gasteiger partial charge on any atom is 0.219 e. The van der Waals surface area contributed by atoms with Gasteiger partial charge in [0.25, 0.3) is 0 Å². The van der Waals surface area contributed by atoms with Crippen molar-refractivity contribution in [2.24, 2.45) is 0 Å². The average molecular weight is 303 g/mol. The monoisotopic (exact) mass is 302 g/mol. The summed E-state index contributed by atoms with van der Waals surface area (Å²) in [4.78, 5) is 4.47. The number of halogens is 1. The molecule has 0 aliphatic rings. The highest BCUT2D eigenvalue weighted by molar-refractivity contribution is 6.31. The van der Waals surface area contributed by atoms with Gasteiger partial charge < -0.3 is 10.1 Å². The normalized spacial score (nSPS) is 11.0. The van der Waals surface area contributed by atoms with Crippen molar-refractivity contribution in [2.75, 3.05) is 6.54 Å². The van der Waals surface area contributed by atoms with E-state index in [0.717, 1.165) is 23.6 Å². The third-order valence-corrected chi connectivity index (χ3v) is 3.26. The fourth-order valence-corrected chi connectivity index (χ4v) is 2.06. The van der Waals surface area contributed by atoms with Gasteiger partial charge in [-0.1, -0.05) is 48.9 Å². The lowest BCUT2D eigenvalue weighted by molar-refractivity contribution is 0.458. The van der Waals surface area contributed by atoms with E-state index in [2.05, 4.69) is 10.3 Å². The number of rotatable bonds is 6. The average Bonchev–Trinajstić information content (AvgIpc) is 2.50. The third-order valence-electron chi connectivity index (χ3n) is 2.92. The first-order valence-electron chi connectivity index (χ1n) is 7.00. The van der Waals surface area contributed by atoms with Crippen LogP contribution in [0.4, 0.5) is 0 Å². The first kappa shape index (κ1) is 15.5. The maximum absolute atomic E-state index is 6.15. The molecule has 21 heavy (non-hydrogen) atoms. The number of hydrogen-bond donors (Lipinski definition) is 1. The maximum atomic E-state index is 6.15. The molecule has 2 aromatic rings. The molecule has 2 rings (SSSR count). The fourth-order valence-electron chi connectivity index (χ4n) is 1.89. The van der Waals surface area contributed by atoms with Crippen LogP contribution in [-0.4, -0.2) is 11.5 Å². The van der Waals surface area contributed by atoms with Crippen LogP contribution in [0.3, 0.4) is 0 Å². The van der Waals surface area contributed by atoms with E-state index >= 15 is 0 Å². The van der Waals surface area contributed by atoms with Crippen molar-refractivity contribution in [3.05, 3.63) is 58.8 Å². The summed E-state index contributed by atoms with van der Waals surface area (Å²) in [6.07, 6.45) is 3.99. The van der Waals surface area contributed by atoms with Gasteiger partial charge in [0.1, 0.15) is 5.75 Å². The number of aromatic nitrogens is 1. The lowest BCUT2D eigenvalue weighted by Gasteiger charge is -2.10. The van der Waals surface area contributed by atoms with Crippen LogP contribution in [0.1, 0.15) is 25.1 Å². The van der Waals surface area contributed by atoms with Crippen LogP contribution in [0, 0.1) is 0 Å². The highest BCUT2D eigenvalue weighted by Gasteiger charge is 2.07. The van der Waals surface area contributed by atoms with Crippen LogP contribution in [0.15, 0.2) is 42.5 Å². The van der Waals surface area contributed by atoms with Crippen molar-refractivity contribution in [1.29, 1.82) is 0 Å². The van der Waals surface area contributed by atoms with E-state index in [-0.39, 0.29) is 0 Å². The Kier molecular flexibility index (Phi) is 5.78. The molecule has 1 N–H and O–H groups in total. The smallest absolute Gasteiger partial charge is 0.219 e. The van der Waals surface area contributed by atoms with E-state index in [0.29, 0.717) is 17.4 Å². The second-order valence-electron chi connectivity index (χ2n) is 4.50. The first-order valence-corrected chi connectivity index (χ1v) is 7.38. The molecule has 1 aromatic heterocycles. The quantitative estimate of drug-likeness (QED) is 0.842. The highest BCUT2D eigenvalue weighted by Crippen LogP contribution is 2.26. The molecule has 110 valence electrons. The van der Waals surface area contributed by atoms with Crippen molar-refractivity contribution in [1.82, 2.24) is 10.3 Å². The zero-order valence-corrected chi connectivity index (χ0v) is 13.0. The van der Waals surface area contributed by atoms with Gasteiger partial charge in [0.15, 0.2) is 0 Å². The second kappa shape index (κ2) is 7.81. The Morgan fingerprint density at radius 3 is 2.81 bits per heavy atom. The first-order chi connectivity index (χ1) is 10.2. The van der Waals surface area contributed by atoms with E-state index in [1.807, 2.05) is 56.3 Å². The number of pyridine rings is 1. The van der Waals surface area contributed by atoms with Gasteiger partial charge in [-0.05, 0) is 25.6 Å². The topological polar surface area (TPSA) is 34.1 Å². The van der Waals surface area contributed by atoms with E-state index in [9.17, 15) is 0 Å². The molecule has 0 aliphatic heterocycles. The second-order valence-corrected chi connectivity index (χ2v) is 4.91. The van der Waals surface area contributed by atoms with Gasteiger partial charge in [-0.2, -0.15) is 0 Å². The fraction of sp³-hybridized carbons (Fsp3) is 0.235. The molecule has 1 aromatic carbocycles. The molecule has 0 amide bonds. The summed E-state index contributed by atoms with van der Waals surface area (Å²) in [5.41, 5.74) is 1.81. The summed E-state index contributed by atoms with van der Waals surface area (Å²) >= 11 is 6.15. The Balaban J connectivity index is 2.23. The molecule has 0 spiro atoms. The molecule has 0 aliphatic carbocycles. The van der Waals surface area contributed by atoms with Crippen LogP contribution >= 0.6 is 11.6 Å². The van der Waals surface area contributed by atoms with Gasteiger partial charge in [-0.25, -0.2) is 4.98 Å². The predicted molar refractivity (Wildman–Crippen MR) is 87.9 cm³/mol. The molecular formula is C17H19ClN2O. The zero-order chi connectivity index (χ0) is 15.1. The molecule has 0 radical (unpaired) electrons. The minimum Gasteiger partial charge on any atom is -0.438 e. The molecule has 0 saturated carbocycles. The van der Waals surface area contributed by atoms with Gasteiger partial charge in [0, 0.05) is 18.2 Å². The molecule has 0 fully saturated rings. The summed E-state index contributed by atoms with van der Waals surface area (Å²) in [5, 5.41) is 3.86. The molecule has 0 unspecified atom stereocenters. The van der Waals surface area contributed by atoms with Crippen LogP contribution in [0.5, 0.6) is 11.6 Å². The van der Waals surface area contributed by atoms with Crippen molar-refractivity contribution >= 4 is 17.7 Å². The van der Waals surface area contributed by atoms with E-state index in [1.54, 1.807) is 6.07 Å². The van der Waals surface area contributed by atoms with Crippen LogP contribution in [0.2, 0.25) is 5.02 Å². The minimum absolute atomic E-state index is 0.546. The Morgan fingerprint density at radius 1 is 1.24 bits per heavy atom. The van der Waals surface area contributed by atoms with Gasteiger partial charge in [-0.15, -0.1) is 0 Å². The molecule has 3 nitrogen and oxygen atoms in total. The van der Waals surface area contributed by atoms with Gasteiger partial charge in [0.05, 0.1) is 10.7 Å². The molecule has 0 bridgehead atoms. The van der Waals surface area contributed by atoms with Gasteiger partial charge >= 0.3 is 0 Å². The lowest BCUT2D eigenvalue weighted by atomic mass is 10.2. The zero-order valence-electron chi connectivity index (χ0n) is 12.3. The molecule has 1 heterocycles.